The van der Waals surface area contributed by atoms with Gasteiger partial charge in [0.25, 0.3) is 5.69 Å². The van der Waals surface area contributed by atoms with Gasteiger partial charge in [-0.15, -0.1) is 0 Å². The molecule has 2 aromatic carbocycles. The molecule has 0 aromatic heterocycles. The van der Waals surface area contributed by atoms with Gasteiger partial charge in [-0.25, -0.2) is 0 Å². The van der Waals surface area contributed by atoms with Crippen molar-refractivity contribution < 1.29 is 18.1 Å². The summed E-state index contributed by atoms with van der Waals surface area (Å²) in [5.41, 5.74) is -0.283. The number of non-ortho nitro benzene ring substituents is 1. The van der Waals surface area contributed by atoms with Gasteiger partial charge in [-0.05, 0) is 23.6 Å². The molecule has 0 saturated heterocycles. The number of alkyl halides is 3. The molecule has 0 spiro atoms. The first-order valence-electron chi connectivity index (χ1n) is 5.76. The Balaban J connectivity index is 2.36. The standard InChI is InChI=1S/C14H10F3NO2/c15-14(16,17)13-7-2-1-5-11(13)8-10-4-3-6-12(9-10)18(19)20/h1-7,9H,8H2. The Hall–Kier alpha value is -2.37. The first kappa shape index (κ1) is 14.0. The highest BCUT2D eigenvalue weighted by molar-refractivity contribution is 5.39. The largest absolute Gasteiger partial charge is 0.416 e. The van der Waals surface area contributed by atoms with Crippen molar-refractivity contribution in [1.82, 2.24) is 0 Å². The smallest absolute Gasteiger partial charge is 0.258 e. The van der Waals surface area contributed by atoms with Crippen LogP contribution in [0.1, 0.15) is 16.7 Å². The first-order valence-corrected chi connectivity index (χ1v) is 5.76. The molecule has 0 bridgehead atoms. The van der Waals surface area contributed by atoms with Crippen LogP contribution < -0.4 is 0 Å². The number of nitrogens with zero attached hydrogens (tertiary/aromatic N) is 1. The molecule has 0 saturated carbocycles. The lowest BCUT2D eigenvalue weighted by atomic mass is 9.99. The minimum absolute atomic E-state index is 0.00262. The van der Waals surface area contributed by atoms with E-state index in [1.54, 1.807) is 6.07 Å². The number of hydrogen-bond acceptors (Lipinski definition) is 2. The van der Waals surface area contributed by atoms with Gasteiger partial charge >= 0.3 is 6.18 Å². The maximum absolute atomic E-state index is 12.9. The van der Waals surface area contributed by atoms with Gasteiger partial charge in [-0.3, -0.25) is 10.1 Å². The summed E-state index contributed by atoms with van der Waals surface area (Å²) in [4.78, 5) is 10.1. The van der Waals surface area contributed by atoms with Crippen LogP contribution in [0, 0.1) is 10.1 Å². The maximum atomic E-state index is 12.9. The number of benzene rings is 2. The molecule has 2 rings (SSSR count). The summed E-state index contributed by atoms with van der Waals surface area (Å²) in [6, 6.07) is 10.8. The molecule has 0 atom stereocenters. The summed E-state index contributed by atoms with van der Waals surface area (Å²) in [5, 5.41) is 10.7. The van der Waals surface area contributed by atoms with Crippen LogP contribution in [-0.4, -0.2) is 4.92 Å². The summed E-state index contributed by atoms with van der Waals surface area (Å²) < 4.78 is 38.6. The van der Waals surface area contributed by atoms with Crippen LogP contribution in [0.5, 0.6) is 0 Å². The van der Waals surface area contributed by atoms with Crippen molar-refractivity contribution in [3.05, 3.63) is 75.3 Å². The SMILES string of the molecule is O=[N+]([O-])c1cccc(Cc2ccccc2C(F)(F)F)c1. The van der Waals surface area contributed by atoms with Gasteiger partial charge in [0.05, 0.1) is 10.5 Å². The second-order valence-corrected chi connectivity index (χ2v) is 4.26. The van der Waals surface area contributed by atoms with E-state index in [1.807, 2.05) is 0 Å². The van der Waals surface area contributed by atoms with Crippen molar-refractivity contribution >= 4 is 5.69 Å². The fourth-order valence-corrected chi connectivity index (χ4v) is 1.95. The first-order chi connectivity index (χ1) is 9.38. The molecule has 104 valence electrons. The predicted molar refractivity (Wildman–Crippen MR) is 67.3 cm³/mol. The van der Waals surface area contributed by atoms with Gasteiger partial charge in [-0.1, -0.05) is 30.3 Å². The highest BCUT2D eigenvalue weighted by Gasteiger charge is 2.32. The van der Waals surface area contributed by atoms with Gasteiger partial charge < -0.3 is 0 Å². The number of nitro groups is 1. The van der Waals surface area contributed by atoms with Crippen LogP contribution >= 0.6 is 0 Å². The average Bonchev–Trinajstić information content (AvgIpc) is 2.38. The lowest BCUT2D eigenvalue weighted by molar-refractivity contribution is -0.384. The lowest BCUT2D eigenvalue weighted by Crippen LogP contribution is -2.09. The fraction of sp³-hybridized carbons (Fsp3) is 0.143. The quantitative estimate of drug-likeness (QED) is 0.625. The topological polar surface area (TPSA) is 43.1 Å². The molecular weight excluding hydrogens is 271 g/mol. The second kappa shape index (κ2) is 5.32. The molecule has 3 nitrogen and oxygen atoms in total. The molecule has 0 radical (unpaired) electrons. The van der Waals surface area contributed by atoms with Crippen molar-refractivity contribution in [3.8, 4) is 0 Å². The fourth-order valence-electron chi connectivity index (χ4n) is 1.95. The summed E-state index contributed by atoms with van der Waals surface area (Å²) in [7, 11) is 0. The third kappa shape index (κ3) is 3.14. The maximum Gasteiger partial charge on any atom is 0.416 e. The Labute approximate surface area is 112 Å². The van der Waals surface area contributed by atoms with E-state index in [0.717, 1.165) is 6.07 Å². The second-order valence-electron chi connectivity index (χ2n) is 4.26. The zero-order chi connectivity index (χ0) is 14.8. The summed E-state index contributed by atoms with van der Waals surface area (Å²) in [5.74, 6) is 0. The Morgan fingerprint density at radius 1 is 1.05 bits per heavy atom. The van der Waals surface area contributed by atoms with Crippen molar-refractivity contribution in [2.45, 2.75) is 12.6 Å². The van der Waals surface area contributed by atoms with E-state index in [1.165, 1.54) is 36.4 Å². The van der Waals surface area contributed by atoms with E-state index in [2.05, 4.69) is 0 Å². The van der Waals surface area contributed by atoms with Gasteiger partial charge in [0.2, 0.25) is 0 Å². The summed E-state index contributed by atoms with van der Waals surface area (Å²) in [6.45, 7) is 0. The molecule has 0 amide bonds. The van der Waals surface area contributed by atoms with E-state index >= 15 is 0 Å². The van der Waals surface area contributed by atoms with E-state index in [4.69, 9.17) is 0 Å². The third-order valence-electron chi connectivity index (χ3n) is 2.84. The molecule has 0 unspecified atom stereocenters. The van der Waals surface area contributed by atoms with Gasteiger partial charge in [-0.2, -0.15) is 13.2 Å². The molecule has 0 aliphatic heterocycles. The highest BCUT2D eigenvalue weighted by atomic mass is 19.4. The Morgan fingerprint density at radius 3 is 2.40 bits per heavy atom. The Bertz CT molecular complexity index is 638. The van der Waals surface area contributed by atoms with Crippen LogP contribution in [0.4, 0.5) is 18.9 Å². The van der Waals surface area contributed by atoms with Crippen molar-refractivity contribution in [3.63, 3.8) is 0 Å². The molecule has 0 aliphatic carbocycles. The Kier molecular flexibility index (Phi) is 3.74. The van der Waals surface area contributed by atoms with Gasteiger partial charge in [0.15, 0.2) is 0 Å². The van der Waals surface area contributed by atoms with Gasteiger partial charge in [0.1, 0.15) is 0 Å². The predicted octanol–water partition coefficient (Wildman–Crippen LogP) is 4.20. The zero-order valence-corrected chi connectivity index (χ0v) is 10.2. The Morgan fingerprint density at radius 2 is 1.75 bits per heavy atom. The zero-order valence-electron chi connectivity index (χ0n) is 10.2. The molecular formula is C14H10F3NO2. The normalized spacial score (nSPS) is 11.3. The van der Waals surface area contributed by atoms with Crippen molar-refractivity contribution in [1.29, 1.82) is 0 Å². The van der Waals surface area contributed by atoms with Crippen LogP contribution in [0.2, 0.25) is 0 Å². The molecule has 0 aliphatic rings. The molecule has 0 fully saturated rings. The van der Waals surface area contributed by atoms with Crippen LogP contribution in [0.3, 0.4) is 0 Å². The van der Waals surface area contributed by atoms with E-state index in [0.29, 0.717) is 5.56 Å². The van der Waals surface area contributed by atoms with Crippen LogP contribution in [-0.2, 0) is 12.6 Å². The molecule has 0 N–H and O–H groups in total. The minimum Gasteiger partial charge on any atom is -0.258 e. The monoisotopic (exact) mass is 281 g/mol. The molecule has 0 heterocycles. The number of halogens is 3. The highest BCUT2D eigenvalue weighted by Crippen LogP contribution is 2.33. The van der Waals surface area contributed by atoms with Crippen LogP contribution in [0.25, 0.3) is 0 Å². The lowest BCUT2D eigenvalue weighted by Gasteiger charge is -2.12. The minimum atomic E-state index is -4.43. The van der Waals surface area contributed by atoms with E-state index in [9.17, 15) is 23.3 Å². The van der Waals surface area contributed by atoms with E-state index < -0.39 is 16.7 Å². The molecule has 2 aromatic rings. The van der Waals surface area contributed by atoms with Crippen LogP contribution in [0.15, 0.2) is 48.5 Å². The van der Waals surface area contributed by atoms with Crippen molar-refractivity contribution in [2.75, 3.05) is 0 Å². The molecule has 6 heteroatoms. The average molecular weight is 281 g/mol. The number of hydrogen-bond donors (Lipinski definition) is 0. The number of nitro benzene ring substituents is 1. The van der Waals surface area contributed by atoms with Crippen molar-refractivity contribution in [2.24, 2.45) is 0 Å². The summed E-state index contributed by atoms with van der Waals surface area (Å²) >= 11 is 0. The van der Waals surface area contributed by atoms with Gasteiger partial charge in [0, 0.05) is 12.1 Å². The third-order valence-corrected chi connectivity index (χ3v) is 2.84. The number of rotatable bonds is 3. The summed E-state index contributed by atoms with van der Waals surface area (Å²) in [6.07, 6.45) is -4.44. The van der Waals surface area contributed by atoms with E-state index in [-0.39, 0.29) is 17.7 Å². The molecule has 20 heavy (non-hydrogen) atoms.